The van der Waals surface area contributed by atoms with E-state index < -0.39 is 17.7 Å². The number of amides is 2. The zero-order chi connectivity index (χ0) is 24.6. The molecule has 174 valence electrons. The molecule has 0 fully saturated rings. The van der Waals surface area contributed by atoms with Gasteiger partial charge in [0.25, 0.3) is 11.8 Å². The minimum absolute atomic E-state index is 0.159. The van der Waals surface area contributed by atoms with E-state index in [1.54, 1.807) is 30.3 Å². The van der Waals surface area contributed by atoms with E-state index in [9.17, 15) is 18.8 Å². The molecule has 0 unspecified atom stereocenters. The van der Waals surface area contributed by atoms with E-state index in [1.807, 2.05) is 30.3 Å². The van der Waals surface area contributed by atoms with Crippen molar-refractivity contribution in [2.24, 2.45) is 5.10 Å². The molecule has 0 heterocycles. The maximum absolute atomic E-state index is 13.7. The molecule has 2 N–H and O–H groups in total. The molecule has 0 bridgehead atoms. The number of carbonyl (C=O) groups is 3. The molecule has 0 aliphatic rings. The van der Waals surface area contributed by atoms with Crippen LogP contribution in [0.15, 0.2) is 96.1 Å². The van der Waals surface area contributed by atoms with Crippen molar-refractivity contribution in [3.8, 4) is 5.75 Å². The van der Waals surface area contributed by atoms with Gasteiger partial charge in [0.15, 0.2) is 0 Å². The average Bonchev–Trinajstić information content (AvgIpc) is 2.88. The highest BCUT2D eigenvalue weighted by molar-refractivity contribution is 6.07. The zero-order valence-electron chi connectivity index (χ0n) is 18.4. The summed E-state index contributed by atoms with van der Waals surface area (Å²) < 4.78 is 18.8. The molecule has 8 heteroatoms. The van der Waals surface area contributed by atoms with Crippen LogP contribution >= 0.6 is 0 Å². The number of ether oxygens (including phenoxy) is 1. The lowest BCUT2D eigenvalue weighted by atomic mass is 10.0. The lowest BCUT2D eigenvalue weighted by Crippen LogP contribution is -2.35. The van der Waals surface area contributed by atoms with Crippen molar-refractivity contribution < 1.29 is 23.5 Å². The van der Waals surface area contributed by atoms with Gasteiger partial charge >= 0.3 is 5.97 Å². The first kappa shape index (κ1) is 23.3. The maximum atomic E-state index is 13.7. The Kier molecular flexibility index (Phi) is 7.22. The van der Waals surface area contributed by atoms with E-state index in [0.717, 1.165) is 10.8 Å². The van der Waals surface area contributed by atoms with Gasteiger partial charge in [0.2, 0.25) is 0 Å². The topological polar surface area (TPSA) is 96.9 Å². The van der Waals surface area contributed by atoms with E-state index in [2.05, 4.69) is 15.8 Å². The molecule has 2 amide bonds. The molecular weight excluding hydrogens is 449 g/mol. The van der Waals surface area contributed by atoms with E-state index in [0.29, 0.717) is 11.1 Å². The van der Waals surface area contributed by atoms with Crippen molar-refractivity contribution in [3.63, 3.8) is 0 Å². The zero-order valence-corrected chi connectivity index (χ0v) is 18.4. The number of hydrogen-bond donors (Lipinski definition) is 2. The van der Waals surface area contributed by atoms with Crippen LogP contribution in [0.5, 0.6) is 5.75 Å². The molecule has 0 aromatic heterocycles. The van der Waals surface area contributed by atoms with Crippen LogP contribution in [0, 0.1) is 5.82 Å². The summed E-state index contributed by atoms with van der Waals surface area (Å²) in [6.45, 7) is -0.246. The Morgan fingerprint density at radius 3 is 2.31 bits per heavy atom. The normalized spacial score (nSPS) is 10.8. The SMILES string of the molecule is O=C(CNC(=O)c1cccc2ccccc12)N/N=C\c1ccc(OC(=O)c2ccccc2F)cc1. The Labute approximate surface area is 200 Å². The molecule has 0 radical (unpaired) electrons. The molecule has 0 aliphatic carbocycles. The van der Waals surface area contributed by atoms with Gasteiger partial charge in [-0.15, -0.1) is 0 Å². The Hall–Kier alpha value is -4.85. The van der Waals surface area contributed by atoms with Crippen LogP contribution in [-0.2, 0) is 4.79 Å². The molecule has 4 aromatic carbocycles. The number of hydrogen-bond acceptors (Lipinski definition) is 5. The molecule has 4 rings (SSSR count). The van der Waals surface area contributed by atoms with Crippen LogP contribution in [0.2, 0.25) is 0 Å². The van der Waals surface area contributed by atoms with Crippen LogP contribution in [-0.4, -0.2) is 30.5 Å². The van der Waals surface area contributed by atoms with E-state index >= 15 is 0 Å². The Balaban J connectivity index is 1.26. The molecule has 0 saturated carbocycles. The fourth-order valence-electron chi connectivity index (χ4n) is 3.31. The third-order valence-corrected chi connectivity index (χ3v) is 5.03. The van der Waals surface area contributed by atoms with E-state index in [1.165, 1.54) is 36.5 Å². The van der Waals surface area contributed by atoms with Gasteiger partial charge in [-0.2, -0.15) is 5.10 Å². The van der Waals surface area contributed by atoms with Crippen molar-refractivity contribution in [3.05, 3.63) is 114 Å². The second-order valence-corrected chi connectivity index (χ2v) is 7.44. The lowest BCUT2D eigenvalue weighted by molar-refractivity contribution is -0.120. The summed E-state index contributed by atoms with van der Waals surface area (Å²) >= 11 is 0. The van der Waals surface area contributed by atoms with Crippen LogP contribution in [0.4, 0.5) is 4.39 Å². The van der Waals surface area contributed by atoms with Crippen LogP contribution in [0.3, 0.4) is 0 Å². The number of nitrogens with one attached hydrogen (secondary N) is 2. The highest BCUT2D eigenvalue weighted by Gasteiger charge is 2.13. The number of rotatable bonds is 7. The summed E-state index contributed by atoms with van der Waals surface area (Å²) in [4.78, 5) is 36.6. The largest absolute Gasteiger partial charge is 0.423 e. The maximum Gasteiger partial charge on any atom is 0.346 e. The number of nitrogens with zero attached hydrogens (tertiary/aromatic N) is 1. The minimum Gasteiger partial charge on any atom is -0.423 e. The van der Waals surface area contributed by atoms with Gasteiger partial charge in [0.1, 0.15) is 11.6 Å². The number of halogens is 1. The molecular formula is C27H20FN3O4. The van der Waals surface area contributed by atoms with Gasteiger partial charge in [-0.25, -0.2) is 14.6 Å². The van der Waals surface area contributed by atoms with Gasteiger partial charge in [0.05, 0.1) is 18.3 Å². The van der Waals surface area contributed by atoms with Crippen molar-refractivity contribution in [1.29, 1.82) is 0 Å². The lowest BCUT2D eigenvalue weighted by Gasteiger charge is -2.07. The van der Waals surface area contributed by atoms with Crippen LogP contribution < -0.4 is 15.5 Å². The monoisotopic (exact) mass is 469 g/mol. The molecule has 7 nitrogen and oxygen atoms in total. The van der Waals surface area contributed by atoms with Gasteiger partial charge < -0.3 is 10.1 Å². The fourth-order valence-corrected chi connectivity index (χ4v) is 3.31. The number of carbonyl (C=O) groups excluding carboxylic acids is 3. The van der Waals surface area contributed by atoms with Gasteiger partial charge in [-0.1, -0.05) is 48.5 Å². The van der Waals surface area contributed by atoms with Crippen LogP contribution in [0.1, 0.15) is 26.3 Å². The first-order chi connectivity index (χ1) is 17.0. The molecule has 0 aliphatic heterocycles. The Morgan fingerprint density at radius 2 is 1.51 bits per heavy atom. The van der Waals surface area contributed by atoms with Crippen LogP contribution in [0.25, 0.3) is 10.8 Å². The first-order valence-electron chi connectivity index (χ1n) is 10.7. The van der Waals surface area contributed by atoms with Gasteiger partial charge in [0, 0.05) is 5.56 Å². The summed E-state index contributed by atoms with van der Waals surface area (Å²) in [5.41, 5.74) is 3.28. The molecule has 0 spiro atoms. The van der Waals surface area contributed by atoms with Crippen molar-refractivity contribution in [1.82, 2.24) is 10.7 Å². The second-order valence-electron chi connectivity index (χ2n) is 7.44. The van der Waals surface area contributed by atoms with Crippen molar-refractivity contribution in [2.45, 2.75) is 0 Å². The third kappa shape index (κ3) is 5.94. The van der Waals surface area contributed by atoms with E-state index in [4.69, 9.17) is 4.74 Å². The molecule has 4 aromatic rings. The molecule has 0 saturated heterocycles. The number of hydrazone groups is 1. The number of fused-ring (bicyclic) bond motifs is 1. The highest BCUT2D eigenvalue weighted by atomic mass is 19.1. The predicted octanol–water partition coefficient (Wildman–Crippen LogP) is 4.08. The fraction of sp³-hybridized carbons (Fsp3) is 0.0370. The summed E-state index contributed by atoms with van der Waals surface area (Å²) in [6.07, 6.45) is 1.40. The standard InChI is InChI=1S/C27H20FN3O4/c28-24-11-4-3-9-23(24)27(34)35-20-14-12-18(13-15-20)16-30-31-25(32)17-29-26(33)22-10-5-7-19-6-1-2-8-21(19)22/h1-16H,17H2,(H,29,33)(H,31,32)/b30-16-. The third-order valence-electron chi connectivity index (χ3n) is 5.03. The second kappa shape index (κ2) is 10.8. The minimum atomic E-state index is -0.803. The average molecular weight is 469 g/mol. The van der Waals surface area contributed by atoms with Crippen molar-refractivity contribution in [2.75, 3.05) is 6.54 Å². The van der Waals surface area contributed by atoms with E-state index in [-0.39, 0.29) is 23.8 Å². The molecule has 0 atom stereocenters. The predicted molar refractivity (Wildman–Crippen MR) is 130 cm³/mol. The Bertz CT molecular complexity index is 1410. The first-order valence-corrected chi connectivity index (χ1v) is 10.7. The highest BCUT2D eigenvalue weighted by Crippen LogP contribution is 2.18. The molecule has 35 heavy (non-hydrogen) atoms. The number of esters is 1. The summed E-state index contributed by atoms with van der Waals surface area (Å²) in [7, 11) is 0. The number of benzene rings is 4. The van der Waals surface area contributed by atoms with Crippen molar-refractivity contribution >= 4 is 34.8 Å². The van der Waals surface area contributed by atoms with Gasteiger partial charge in [-0.3, -0.25) is 9.59 Å². The Morgan fingerprint density at radius 1 is 0.829 bits per heavy atom. The smallest absolute Gasteiger partial charge is 0.346 e. The van der Waals surface area contributed by atoms with Gasteiger partial charge in [-0.05, 0) is 58.8 Å². The quantitative estimate of drug-likeness (QED) is 0.185. The summed E-state index contributed by atoms with van der Waals surface area (Å²) in [6, 6.07) is 24.7. The summed E-state index contributed by atoms with van der Waals surface area (Å²) in [5.74, 6) is -2.09. The summed E-state index contributed by atoms with van der Waals surface area (Å²) in [5, 5.41) is 8.17.